The van der Waals surface area contributed by atoms with Crippen molar-refractivity contribution < 1.29 is 19.2 Å². The van der Waals surface area contributed by atoms with Crippen molar-refractivity contribution in [3.63, 3.8) is 0 Å². The lowest BCUT2D eigenvalue weighted by atomic mass is 9.69. The highest BCUT2D eigenvalue weighted by molar-refractivity contribution is 6.33. The summed E-state index contributed by atoms with van der Waals surface area (Å²) in [6.45, 7) is 6.43. The van der Waals surface area contributed by atoms with Gasteiger partial charge in [-0.25, -0.2) is 0 Å². The summed E-state index contributed by atoms with van der Waals surface area (Å²) in [5.74, 6) is 1.30. The number of nitrogens with one attached hydrogen (secondary N) is 1. The van der Waals surface area contributed by atoms with E-state index in [1.165, 1.54) is 6.42 Å². The Balaban J connectivity index is 1.52. The Morgan fingerprint density at radius 2 is 1.94 bits per heavy atom. The highest BCUT2D eigenvalue weighted by atomic mass is 35.5. The Morgan fingerprint density at radius 3 is 2.55 bits per heavy atom. The van der Waals surface area contributed by atoms with Gasteiger partial charge in [-0.2, -0.15) is 0 Å². The van der Waals surface area contributed by atoms with Crippen LogP contribution < -0.4 is 5.32 Å². The number of rotatable bonds is 10. The zero-order valence-electron chi connectivity index (χ0n) is 19.6. The highest BCUT2D eigenvalue weighted by Crippen LogP contribution is 2.52. The van der Waals surface area contributed by atoms with E-state index >= 15 is 0 Å². The smallest absolute Gasteiger partial charge is 0.304 e. The number of halogens is 1. The van der Waals surface area contributed by atoms with E-state index in [4.69, 9.17) is 16.1 Å². The minimum absolute atomic E-state index is 0.0167. The quantitative estimate of drug-likeness (QED) is 0.404. The lowest BCUT2D eigenvalue weighted by molar-refractivity contribution is -0.137. The van der Waals surface area contributed by atoms with E-state index in [-0.39, 0.29) is 18.7 Å². The van der Waals surface area contributed by atoms with Crippen LogP contribution in [0.15, 0.2) is 22.7 Å². The minimum atomic E-state index is -0.951. The molecule has 2 saturated carbocycles. The van der Waals surface area contributed by atoms with Crippen LogP contribution in [0, 0.1) is 18.8 Å². The van der Waals surface area contributed by atoms with Crippen molar-refractivity contribution in [2.45, 2.75) is 83.5 Å². The molecule has 0 bridgehead atoms. The maximum absolute atomic E-state index is 12.8. The highest BCUT2D eigenvalue weighted by Gasteiger charge is 2.42. The number of aliphatic carboxylic acids is 1. The van der Waals surface area contributed by atoms with Gasteiger partial charge < -0.3 is 14.9 Å². The van der Waals surface area contributed by atoms with Crippen molar-refractivity contribution in [1.82, 2.24) is 5.16 Å². The number of carbonyl (C=O) groups is 2. The molecule has 1 heterocycles. The summed E-state index contributed by atoms with van der Waals surface area (Å²) in [4.78, 5) is 24.5. The van der Waals surface area contributed by atoms with Gasteiger partial charge in [0.15, 0.2) is 0 Å². The minimum Gasteiger partial charge on any atom is -0.481 e. The molecule has 7 heteroatoms. The van der Waals surface area contributed by atoms with E-state index in [9.17, 15) is 14.7 Å². The summed E-state index contributed by atoms with van der Waals surface area (Å²) in [6, 6.07) is 5.42. The molecule has 2 aromatic rings. The van der Waals surface area contributed by atoms with E-state index in [0.717, 1.165) is 48.5 Å². The van der Waals surface area contributed by atoms with Gasteiger partial charge in [0.25, 0.3) is 0 Å². The normalized spacial score (nSPS) is 21.0. The van der Waals surface area contributed by atoms with Crippen molar-refractivity contribution in [1.29, 1.82) is 0 Å². The molecule has 0 unspecified atom stereocenters. The van der Waals surface area contributed by atoms with Crippen molar-refractivity contribution in [2.24, 2.45) is 11.8 Å². The van der Waals surface area contributed by atoms with E-state index < -0.39 is 11.9 Å². The number of hydrogen-bond donors (Lipinski definition) is 2. The summed E-state index contributed by atoms with van der Waals surface area (Å²) in [6.07, 6.45) is 5.40. The van der Waals surface area contributed by atoms with Gasteiger partial charge in [0, 0.05) is 23.8 Å². The molecule has 0 aliphatic heterocycles. The van der Waals surface area contributed by atoms with Crippen LogP contribution >= 0.6 is 11.6 Å². The van der Waals surface area contributed by atoms with E-state index in [1.54, 1.807) is 12.1 Å². The van der Waals surface area contributed by atoms with E-state index in [0.29, 0.717) is 34.2 Å². The molecule has 1 atom stereocenters. The summed E-state index contributed by atoms with van der Waals surface area (Å²) >= 11 is 6.25. The molecule has 1 aromatic heterocycles. The summed E-state index contributed by atoms with van der Waals surface area (Å²) < 4.78 is 5.85. The van der Waals surface area contributed by atoms with Crippen LogP contribution in [0.1, 0.15) is 99.1 Å². The molecule has 178 valence electrons. The summed E-state index contributed by atoms with van der Waals surface area (Å²) in [5, 5.41) is 17.2. The molecule has 2 aliphatic rings. The summed E-state index contributed by atoms with van der Waals surface area (Å²) in [7, 11) is 0. The molecule has 1 amide bonds. The predicted molar refractivity (Wildman–Crippen MR) is 128 cm³/mol. The topological polar surface area (TPSA) is 92.4 Å². The number of benzene rings is 1. The zero-order valence-corrected chi connectivity index (χ0v) is 20.3. The molecular weight excluding hydrogens is 440 g/mol. The van der Waals surface area contributed by atoms with Crippen LogP contribution in [0.2, 0.25) is 5.02 Å². The first-order valence-electron chi connectivity index (χ1n) is 12.0. The van der Waals surface area contributed by atoms with Gasteiger partial charge in [-0.05, 0) is 74.5 Å². The number of amides is 1. The fourth-order valence-electron chi connectivity index (χ4n) is 5.13. The second-order valence-electron chi connectivity index (χ2n) is 10.3. The Labute approximate surface area is 200 Å². The number of aryl methyl sites for hydroxylation is 1. The van der Waals surface area contributed by atoms with Crippen LogP contribution in [-0.4, -0.2) is 22.1 Å². The Bertz CT molecular complexity index is 1020. The second-order valence-corrected chi connectivity index (χ2v) is 10.7. The lowest BCUT2D eigenvalue weighted by Crippen LogP contribution is -2.24. The Morgan fingerprint density at radius 1 is 1.21 bits per heavy atom. The molecule has 4 rings (SSSR count). The third-order valence-corrected chi connectivity index (χ3v) is 7.13. The van der Waals surface area contributed by atoms with Crippen molar-refractivity contribution in [3.8, 4) is 0 Å². The number of aromatic nitrogens is 1. The van der Waals surface area contributed by atoms with Crippen LogP contribution in [-0.2, 0) is 9.59 Å². The number of carbonyl (C=O) groups excluding carboxylic acids is 1. The molecule has 33 heavy (non-hydrogen) atoms. The lowest BCUT2D eigenvalue weighted by Gasteiger charge is -2.35. The van der Waals surface area contributed by atoms with Gasteiger partial charge >= 0.3 is 5.97 Å². The zero-order chi connectivity index (χ0) is 23.7. The molecule has 0 radical (unpaired) electrons. The third-order valence-electron chi connectivity index (χ3n) is 6.82. The number of carboxylic acids is 1. The number of hydrogen-bond acceptors (Lipinski definition) is 4. The molecule has 0 spiro atoms. The second kappa shape index (κ2) is 9.88. The average molecular weight is 473 g/mol. The van der Waals surface area contributed by atoms with Crippen LogP contribution in [0.3, 0.4) is 0 Å². The van der Waals surface area contributed by atoms with Crippen molar-refractivity contribution in [3.05, 3.63) is 45.8 Å². The van der Waals surface area contributed by atoms with E-state index in [1.807, 2.05) is 13.0 Å². The van der Waals surface area contributed by atoms with Crippen molar-refractivity contribution >= 4 is 29.2 Å². The fourth-order valence-corrected chi connectivity index (χ4v) is 5.41. The molecule has 2 N–H and O–H groups in total. The van der Waals surface area contributed by atoms with Crippen LogP contribution in [0.5, 0.6) is 0 Å². The summed E-state index contributed by atoms with van der Waals surface area (Å²) in [5.41, 5.74) is 3.26. The molecule has 2 fully saturated rings. The molecular formula is C26H33ClN2O4. The monoisotopic (exact) mass is 472 g/mol. The Hall–Kier alpha value is -2.34. The van der Waals surface area contributed by atoms with Gasteiger partial charge in [-0.1, -0.05) is 36.7 Å². The number of nitrogens with zero attached hydrogens (tertiary/aromatic N) is 1. The standard InChI is InChI=1S/C26H33ClN2O4/c1-14(2)8-16-10-19(11-16)26-24(17-5-6-17)25(29-33-26)18(13-23(31)32)12-22(30)28-21-7-4-15(3)9-20(21)27/h4,7,9,14,16-19H,5-6,8,10-13H2,1-3H3,(H,28,30)(H,31,32)/t16-,18-,19-/m1/s1. The van der Waals surface area contributed by atoms with Crippen LogP contribution in [0.4, 0.5) is 5.69 Å². The molecule has 1 aromatic carbocycles. The molecule has 6 nitrogen and oxygen atoms in total. The van der Waals surface area contributed by atoms with Crippen LogP contribution in [0.25, 0.3) is 0 Å². The predicted octanol–water partition coefficient (Wildman–Crippen LogP) is 6.64. The average Bonchev–Trinajstić information content (AvgIpc) is 3.44. The first-order valence-corrected chi connectivity index (χ1v) is 12.4. The fraction of sp³-hybridized carbons (Fsp3) is 0.577. The first kappa shape index (κ1) is 23.8. The largest absolute Gasteiger partial charge is 0.481 e. The SMILES string of the molecule is Cc1ccc(NC(=O)C[C@H](CC(=O)O)c2noc([C@H]3C[C@H](CC(C)C)C3)c2C2CC2)c(Cl)c1. The first-order chi connectivity index (χ1) is 15.7. The van der Waals surface area contributed by atoms with Gasteiger partial charge in [0.1, 0.15) is 5.76 Å². The molecule has 0 saturated heterocycles. The van der Waals surface area contributed by atoms with Crippen molar-refractivity contribution in [2.75, 3.05) is 5.32 Å². The molecule has 2 aliphatic carbocycles. The third kappa shape index (κ3) is 5.78. The van der Waals surface area contributed by atoms with E-state index in [2.05, 4.69) is 24.3 Å². The van der Waals surface area contributed by atoms with Gasteiger partial charge in [0.2, 0.25) is 5.91 Å². The van der Waals surface area contributed by atoms with Gasteiger partial charge in [-0.3, -0.25) is 9.59 Å². The van der Waals surface area contributed by atoms with Gasteiger partial charge in [0.05, 0.1) is 22.8 Å². The Kier molecular flexibility index (Phi) is 7.13. The number of carboxylic acid groups (broad SMARTS) is 1. The number of anilines is 1. The maximum Gasteiger partial charge on any atom is 0.304 e. The maximum atomic E-state index is 12.8. The van der Waals surface area contributed by atoms with Gasteiger partial charge in [-0.15, -0.1) is 0 Å².